The fourth-order valence-electron chi connectivity index (χ4n) is 2.02. The van der Waals surface area contributed by atoms with Crippen LogP contribution in [0.1, 0.15) is 24.8 Å². The summed E-state index contributed by atoms with van der Waals surface area (Å²) in [5.74, 6) is 0.0280. The van der Waals surface area contributed by atoms with E-state index >= 15 is 0 Å². The number of hydrogen-bond donors (Lipinski definition) is 2. The number of amides is 1. The van der Waals surface area contributed by atoms with Crippen LogP contribution < -0.4 is 10.6 Å². The van der Waals surface area contributed by atoms with Gasteiger partial charge in [-0.1, -0.05) is 23.2 Å². The van der Waals surface area contributed by atoms with Crippen molar-refractivity contribution in [3.8, 4) is 0 Å². The van der Waals surface area contributed by atoms with E-state index in [1.165, 1.54) is 0 Å². The Morgan fingerprint density at radius 1 is 1.28 bits per heavy atom. The Kier molecular flexibility index (Phi) is 4.36. The molecule has 2 rings (SSSR count). The van der Waals surface area contributed by atoms with Gasteiger partial charge in [0.15, 0.2) is 0 Å². The summed E-state index contributed by atoms with van der Waals surface area (Å²) < 4.78 is 0. The summed E-state index contributed by atoms with van der Waals surface area (Å²) in [5, 5.41) is 7.30. The van der Waals surface area contributed by atoms with E-state index in [2.05, 4.69) is 10.6 Å². The maximum absolute atomic E-state index is 11.8. The van der Waals surface area contributed by atoms with Gasteiger partial charge in [-0.25, -0.2) is 0 Å². The van der Waals surface area contributed by atoms with Gasteiger partial charge in [0.1, 0.15) is 6.04 Å². The highest BCUT2D eigenvalue weighted by Gasteiger charge is 2.21. The van der Waals surface area contributed by atoms with E-state index in [0.717, 1.165) is 31.4 Å². The molecule has 2 N–H and O–H groups in total. The molecule has 0 bridgehead atoms. The van der Waals surface area contributed by atoms with Crippen molar-refractivity contribution in [2.24, 2.45) is 0 Å². The lowest BCUT2D eigenvalue weighted by Gasteiger charge is -2.18. The Morgan fingerprint density at radius 2 is 2.06 bits per heavy atom. The molecule has 1 aliphatic rings. The fourth-order valence-corrected chi connectivity index (χ4v) is 2.46. The maximum atomic E-state index is 11.8. The van der Waals surface area contributed by atoms with E-state index in [9.17, 15) is 4.79 Å². The van der Waals surface area contributed by atoms with Crippen LogP contribution >= 0.6 is 23.2 Å². The first kappa shape index (κ1) is 13.5. The molecule has 0 saturated carbocycles. The first-order valence-electron chi connectivity index (χ1n) is 6.08. The summed E-state index contributed by atoms with van der Waals surface area (Å²) in [6.07, 6.45) is 2.85. The zero-order valence-corrected chi connectivity index (χ0v) is 11.7. The molecule has 1 saturated heterocycles. The van der Waals surface area contributed by atoms with Crippen molar-refractivity contribution < 1.29 is 4.79 Å². The van der Waals surface area contributed by atoms with Gasteiger partial charge >= 0.3 is 0 Å². The molecule has 1 fully saturated rings. The fraction of sp³-hybridized carbons (Fsp3) is 0.462. The number of anilines is 1. The van der Waals surface area contributed by atoms with Crippen LogP contribution in [0.15, 0.2) is 12.1 Å². The second kappa shape index (κ2) is 5.81. The molecule has 5 heteroatoms. The molecule has 1 heterocycles. The number of halogens is 2. The van der Waals surface area contributed by atoms with Gasteiger partial charge in [0.25, 0.3) is 0 Å². The predicted octanol–water partition coefficient (Wildman–Crippen LogP) is 3.38. The molecule has 18 heavy (non-hydrogen) atoms. The van der Waals surface area contributed by atoms with E-state index in [4.69, 9.17) is 23.2 Å². The summed E-state index contributed by atoms with van der Waals surface area (Å²) in [5.41, 5.74) is 1.65. The minimum atomic E-state index is -0.233. The molecule has 1 unspecified atom stereocenters. The highest BCUT2D eigenvalue weighted by Crippen LogP contribution is 2.29. The van der Waals surface area contributed by atoms with Crippen molar-refractivity contribution in [1.29, 1.82) is 0 Å². The summed E-state index contributed by atoms with van der Waals surface area (Å²) in [6, 6.07) is 3.35. The molecule has 0 aliphatic carbocycles. The van der Waals surface area contributed by atoms with Crippen LogP contribution in [0.25, 0.3) is 0 Å². The molecule has 1 amide bonds. The van der Waals surface area contributed by atoms with Gasteiger partial charge < -0.3 is 10.6 Å². The molecule has 0 aromatic heterocycles. The third-order valence-corrected chi connectivity index (χ3v) is 3.83. The normalized spacial score (nSPS) is 20.2. The van der Waals surface area contributed by atoms with Crippen LogP contribution in [0.2, 0.25) is 10.0 Å². The highest BCUT2D eigenvalue weighted by molar-refractivity contribution is 6.35. The Labute approximate surface area is 117 Å². The van der Waals surface area contributed by atoms with Crippen molar-refractivity contribution in [3.05, 3.63) is 27.7 Å². The lowest BCUT2D eigenvalue weighted by atomic mass is 10.1. The summed E-state index contributed by atoms with van der Waals surface area (Å²) in [6.45, 7) is 2.65. The second-order valence-corrected chi connectivity index (χ2v) is 5.38. The average Bonchev–Trinajstić information content (AvgIpc) is 2.52. The molecule has 1 aromatic rings. The molecule has 0 radical (unpaired) electrons. The lowest BCUT2D eigenvalue weighted by Crippen LogP contribution is -2.37. The number of carbonyl (C=O) groups excluding carboxylic acids is 1. The third kappa shape index (κ3) is 3.09. The minimum Gasteiger partial charge on any atom is -0.372 e. The van der Waals surface area contributed by atoms with Gasteiger partial charge in [0.2, 0.25) is 5.91 Å². The van der Waals surface area contributed by atoms with Gasteiger partial charge in [-0.2, -0.15) is 0 Å². The number of rotatable bonds is 2. The standard InChI is InChI=1S/C13H16Cl2N2O/c1-8-6-10(15)12(7-9(8)14)17-11-4-2-3-5-16-13(11)18/h6-7,11,17H,2-5H2,1H3,(H,16,18). The van der Waals surface area contributed by atoms with Crippen LogP contribution in [0.3, 0.4) is 0 Å². The zero-order chi connectivity index (χ0) is 13.1. The molecule has 1 atom stereocenters. The second-order valence-electron chi connectivity index (χ2n) is 4.56. The number of benzene rings is 1. The van der Waals surface area contributed by atoms with Crippen molar-refractivity contribution in [3.63, 3.8) is 0 Å². The predicted molar refractivity (Wildman–Crippen MR) is 75.5 cm³/mol. The van der Waals surface area contributed by atoms with Crippen LogP contribution in [0, 0.1) is 6.92 Å². The van der Waals surface area contributed by atoms with Gasteiger partial charge in [-0.05, 0) is 43.9 Å². The van der Waals surface area contributed by atoms with Crippen molar-refractivity contribution in [1.82, 2.24) is 5.32 Å². The first-order valence-corrected chi connectivity index (χ1v) is 6.83. The smallest absolute Gasteiger partial charge is 0.242 e. The Hall–Kier alpha value is -0.930. The SMILES string of the molecule is Cc1cc(Cl)c(NC2CCCCNC2=O)cc1Cl. The van der Waals surface area contributed by atoms with E-state index in [1.807, 2.05) is 6.92 Å². The van der Waals surface area contributed by atoms with Crippen LogP contribution in [-0.2, 0) is 4.79 Å². The van der Waals surface area contributed by atoms with Gasteiger partial charge in [-0.3, -0.25) is 4.79 Å². The lowest BCUT2D eigenvalue weighted by molar-refractivity contribution is -0.121. The molecular formula is C13H16Cl2N2O. The number of hydrogen-bond acceptors (Lipinski definition) is 2. The summed E-state index contributed by atoms with van der Waals surface area (Å²) >= 11 is 12.2. The summed E-state index contributed by atoms with van der Waals surface area (Å²) in [4.78, 5) is 11.8. The number of aryl methyl sites for hydroxylation is 1. The average molecular weight is 287 g/mol. The Balaban J connectivity index is 2.17. The minimum absolute atomic E-state index is 0.0280. The highest BCUT2D eigenvalue weighted by atomic mass is 35.5. The van der Waals surface area contributed by atoms with E-state index in [1.54, 1.807) is 12.1 Å². The molecule has 1 aromatic carbocycles. The van der Waals surface area contributed by atoms with Crippen molar-refractivity contribution in [2.45, 2.75) is 32.2 Å². The van der Waals surface area contributed by atoms with Crippen molar-refractivity contribution >= 4 is 34.8 Å². The van der Waals surface area contributed by atoms with Gasteiger partial charge in [0.05, 0.1) is 10.7 Å². The molecule has 0 spiro atoms. The number of nitrogens with one attached hydrogen (secondary N) is 2. The zero-order valence-electron chi connectivity index (χ0n) is 10.2. The number of carbonyl (C=O) groups is 1. The monoisotopic (exact) mass is 286 g/mol. The molecule has 1 aliphatic heterocycles. The molecular weight excluding hydrogens is 271 g/mol. The molecule has 98 valence electrons. The Morgan fingerprint density at radius 3 is 2.83 bits per heavy atom. The van der Waals surface area contributed by atoms with Crippen LogP contribution in [-0.4, -0.2) is 18.5 Å². The van der Waals surface area contributed by atoms with E-state index in [-0.39, 0.29) is 11.9 Å². The van der Waals surface area contributed by atoms with Crippen molar-refractivity contribution in [2.75, 3.05) is 11.9 Å². The van der Waals surface area contributed by atoms with Crippen LogP contribution in [0.5, 0.6) is 0 Å². The topological polar surface area (TPSA) is 41.1 Å². The largest absolute Gasteiger partial charge is 0.372 e. The van der Waals surface area contributed by atoms with E-state index in [0.29, 0.717) is 15.7 Å². The third-order valence-electron chi connectivity index (χ3n) is 3.11. The molecule has 3 nitrogen and oxygen atoms in total. The van der Waals surface area contributed by atoms with Gasteiger partial charge in [-0.15, -0.1) is 0 Å². The van der Waals surface area contributed by atoms with Crippen LogP contribution in [0.4, 0.5) is 5.69 Å². The first-order chi connectivity index (χ1) is 8.58. The van der Waals surface area contributed by atoms with Gasteiger partial charge in [0, 0.05) is 11.6 Å². The van der Waals surface area contributed by atoms with E-state index < -0.39 is 0 Å². The summed E-state index contributed by atoms with van der Waals surface area (Å²) in [7, 11) is 0. The quantitative estimate of drug-likeness (QED) is 0.875. The maximum Gasteiger partial charge on any atom is 0.242 e. The Bertz CT molecular complexity index is 463.